The molecule has 1 aromatic carbocycles. The molecule has 0 aliphatic carbocycles. The number of hydrogen-bond acceptors (Lipinski definition) is 6. The molecule has 0 radical (unpaired) electrons. The van der Waals surface area contributed by atoms with Crippen LogP contribution >= 0.6 is 23.1 Å². The van der Waals surface area contributed by atoms with E-state index in [1.807, 2.05) is 6.26 Å². The van der Waals surface area contributed by atoms with Crippen molar-refractivity contribution in [3.63, 3.8) is 0 Å². The van der Waals surface area contributed by atoms with Crippen LogP contribution in [0.4, 0.5) is 8.78 Å². The Kier molecular flexibility index (Phi) is 2.73. The summed E-state index contributed by atoms with van der Waals surface area (Å²) >= 11 is 2.97. The highest BCUT2D eigenvalue weighted by Gasteiger charge is 2.16. The summed E-state index contributed by atoms with van der Waals surface area (Å²) in [5.41, 5.74) is 0.898. The van der Waals surface area contributed by atoms with Gasteiger partial charge in [0.05, 0.1) is 6.20 Å². The van der Waals surface area contributed by atoms with Crippen LogP contribution in [0.5, 0.6) is 0 Å². The highest BCUT2D eigenvalue weighted by molar-refractivity contribution is 8.00. The van der Waals surface area contributed by atoms with Crippen LogP contribution in [0.3, 0.4) is 0 Å². The zero-order chi connectivity index (χ0) is 14.6. The summed E-state index contributed by atoms with van der Waals surface area (Å²) in [5, 5.41) is 4.31. The number of benzene rings is 1. The molecular weight excluding hydrogens is 318 g/mol. The number of oxazole rings is 1. The number of thioether (sulfide) groups is 1. The molecule has 5 nitrogen and oxygen atoms in total. The number of halogens is 2. The van der Waals surface area contributed by atoms with Gasteiger partial charge >= 0.3 is 0 Å². The maximum absolute atomic E-state index is 13.2. The van der Waals surface area contributed by atoms with Crippen molar-refractivity contribution in [2.24, 2.45) is 0 Å². The third-order valence-electron chi connectivity index (χ3n) is 2.85. The lowest BCUT2D eigenvalue weighted by Crippen LogP contribution is -1.82. The molecule has 3 aromatic heterocycles. The molecule has 4 rings (SSSR count). The number of hydrogen-bond donors (Lipinski definition) is 0. The Labute approximate surface area is 124 Å². The van der Waals surface area contributed by atoms with E-state index in [-0.39, 0.29) is 17.0 Å². The van der Waals surface area contributed by atoms with E-state index < -0.39 is 11.6 Å². The van der Waals surface area contributed by atoms with Crippen LogP contribution in [-0.2, 0) is 0 Å². The van der Waals surface area contributed by atoms with Gasteiger partial charge in [-0.25, -0.2) is 23.3 Å². The Morgan fingerprint density at radius 3 is 2.81 bits per heavy atom. The molecule has 0 saturated heterocycles. The fourth-order valence-electron chi connectivity index (χ4n) is 1.90. The minimum absolute atomic E-state index is 0.179. The first-order chi connectivity index (χ1) is 10.1. The van der Waals surface area contributed by atoms with Gasteiger partial charge in [0.2, 0.25) is 10.9 Å². The zero-order valence-electron chi connectivity index (χ0n) is 10.5. The molecule has 0 amide bonds. The molecule has 0 aliphatic rings. The molecule has 3 heterocycles. The third kappa shape index (κ3) is 2.00. The minimum atomic E-state index is -0.970. The van der Waals surface area contributed by atoms with E-state index in [4.69, 9.17) is 4.42 Å². The summed E-state index contributed by atoms with van der Waals surface area (Å²) in [7, 11) is 0. The van der Waals surface area contributed by atoms with Gasteiger partial charge in [-0.2, -0.15) is 0 Å². The van der Waals surface area contributed by atoms with E-state index in [1.165, 1.54) is 23.1 Å². The average Bonchev–Trinajstić information content (AvgIpc) is 3.10. The molecule has 0 N–H and O–H groups in total. The number of rotatable bonds is 2. The highest BCUT2D eigenvalue weighted by Crippen LogP contribution is 2.28. The van der Waals surface area contributed by atoms with E-state index in [0.717, 1.165) is 16.5 Å². The summed E-state index contributed by atoms with van der Waals surface area (Å²) in [6.45, 7) is 0. The minimum Gasteiger partial charge on any atom is -0.435 e. The van der Waals surface area contributed by atoms with E-state index in [2.05, 4.69) is 15.1 Å². The lowest BCUT2D eigenvalue weighted by Gasteiger charge is -1.89. The SMILES string of the molecule is CSc1nn2cc(-c3nc4cc(F)c(F)cc4o3)nc2s1. The normalized spacial score (nSPS) is 11.8. The highest BCUT2D eigenvalue weighted by atomic mass is 32.2. The quantitative estimate of drug-likeness (QED) is 0.527. The molecular formula is C12H6F2N4OS2. The van der Waals surface area contributed by atoms with Crippen molar-refractivity contribution in [2.45, 2.75) is 4.34 Å². The topological polar surface area (TPSA) is 56.2 Å². The van der Waals surface area contributed by atoms with Crippen molar-refractivity contribution in [2.75, 3.05) is 6.26 Å². The van der Waals surface area contributed by atoms with Crippen molar-refractivity contribution in [3.05, 3.63) is 30.0 Å². The van der Waals surface area contributed by atoms with Gasteiger partial charge in [-0.15, -0.1) is 5.10 Å². The summed E-state index contributed by atoms with van der Waals surface area (Å²) in [6, 6.07) is 1.98. The number of nitrogens with zero attached hydrogens (tertiary/aromatic N) is 4. The van der Waals surface area contributed by atoms with Gasteiger partial charge in [-0.3, -0.25) is 0 Å². The molecule has 4 aromatic rings. The number of aromatic nitrogens is 4. The predicted octanol–water partition coefficient (Wildman–Crippen LogP) is 3.60. The molecule has 106 valence electrons. The van der Waals surface area contributed by atoms with Gasteiger partial charge in [0.25, 0.3) is 0 Å². The number of imidazole rings is 1. The predicted molar refractivity (Wildman–Crippen MR) is 75.6 cm³/mol. The second kappa shape index (κ2) is 4.50. The largest absolute Gasteiger partial charge is 0.435 e. The van der Waals surface area contributed by atoms with Crippen molar-refractivity contribution >= 4 is 39.2 Å². The first kappa shape index (κ1) is 12.7. The molecule has 0 bridgehead atoms. The summed E-state index contributed by atoms with van der Waals surface area (Å²) in [6.07, 6.45) is 3.60. The average molecular weight is 324 g/mol. The molecule has 0 atom stereocenters. The maximum Gasteiger partial charge on any atom is 0.247 e. The van der Waals surface area contributed by atoms with Gasteiger partial charge in [0, 0.05) is 12.1 Å². The van der Waals surface area contributed by atoms with E-state index in [0.29, 0.717) is 10.7 Å². The molecule has 0 unspecified atom stereocenters. The van der Waals surface area contributed by atoms with Crippen LogP contribution in [0.25, 0.3) is 27.6 Å². The Morgan fingerprint density at radius 2 is 2.05 bits per heavy atom. The van der Waals surface area contributed by atoms with Crippen molar-refractivity contribution in [1.82, 2.24) is 19.6 Å². The summed E-state index contributed by atoms with van der Waals surface area (Å²) in [5.74, 6) is -1.72. The Balaban J connectivity index is 1.85. The van der Waals surface area contributed by atoms with Crippen LogP contribution in [0.15, 0.2) is 27.1 Å². The van der Waals surface area contributed by atoms with Crippen LogP contribution < -0.4 is 0 Å². The second-order valence-corrected chi connectivity index (χ2v) is 6.19. The van der Waals surface area contributed by atoms with E-state index >= 15 is 0 Å². The van der Waals surface area contributed by atoms with Crippen molar-refractivity contribution < 1.29 is 13.2 Å². The Morgan fingerprint density at radius 1 is 1.24 bits per heavy atom. The smallest absolute Gasteiger partial charge is 0.247 e. The molecule has 0 saturated carbocycles. The molecule has 9 heteroatoms. The number of fused-ring (bicyclic) bond motifs is 2. The first-order valence-corrected chi connectivity index (χ1v) is 7.84. The Hall–Kier alpha value is -2.00. The van der Waals surface area contributed by atoms with Crippen LogP contribution in [0.2, 0.25) is 0 Å². The molecule has 0 fully saturated rings. The summed E-state index contributed by atoms with van der Waals surface area (Å²) < 4.78 is 34.3. The fourth-order valence-corrected chi connectivity index (χ4v) is 3.24. The summed E-state index contributed by atoms with van der Waals surface area (Å²) in [4.78, 5) is 9.18. The van der Waals surface area contributed by atoms with Crippen LogP contribution in [0, 0.1) is 11.6 Å². The molecule has 21 heavy (non-hydrogen) atoms. The van der Waals surface area contributed by atoms with Gasteiger partial charge in [0.15, 0.2) is 21.6 Å². The van der Waals surface area contributed by atoms with Crippen molar-refractivity contribution in [3.8, 4) is 11.6 Å². The second-order valence-electron chi connectivity index (χ2n) is 4.18. The van der Waals surface area contributed by atoms with Gasteiger partial charge < -0.3 is 4.42 Å². The lowest BCUT2D eigenvalue weighted by molar-refractivity contribution is 0.507. The maximum atomic E-state index is 13.2. The fraction of sp³-hybridized carbons (Fsp3) is 0.0833. The Bertz CT molecular complexity index is 904. The van der Waals surface area contributed by atoms with Crippen LogP contribution in [-0.4, -0.2) is 25.8 Å². The molecule has 0 aliphatic heterocycles. The first-order valence-electron chi connectivity index (χ1n) is 5.80. The van der Waals surface area contributed by atoms with Gasteiger partial charge in [-0.05, 0) is 6.26 Å². The zero-order valence-corrected chi connectivity index (χ0v) is 12.1. The van der Waals surface area contributed by atoms with E-state index in [1.54, 1.807) is 10.7 Å². The standard InChI is InChI=1S/C12H6F2N4OS2/c1-20-12-17-18-4-8(16-11(18)21-12)10-15-7-2-5(13)6(14)3-9(7)19-10/h2-4H,1H3. The third-order valence-corrected chi connectivity index (χ3v) is 4.75. The lowest BCUT2D eigenvalue weighted by atomic mass is 10.3. The van der Waals surface area contributed by atoms with Gasteiger partial charge in [0.1, 0.15) is 11.2 Å². The van der Waals surface area contributed by atoms with Crippen LogP contribution in [0.1, 0.15) is 0 Å². The van der Waals surface area contributed by atoms with Crippen molar-refractivity contribution in [1.29, 1.82) is 0 Å². The monoisotopic (exact) mass is 324 g/mol. The van der Waals surface area contributed by atoms with E-state index in [9.17, 15) is 8.78 Å². The van der Waals surface area contributed by atoms with Gasteiger partial charge in [-0.1, -0.05) is 23.1 Å². The molecule has 0 spiro atoms.